The van der Waals surface area contributed by atoms with Crippen molar-refractivity contribution in [1.29, 1.82) is 0 Å². The van der Waals surface area contributed by atoms with Gasteiger partial charge in [-0.2, -0.15) is 0 Å². The third kappa shape index (κ3) is 2.99. The first-order valence-electron chi connectivity index (χ1n) is 6.83. The van der Waals surface area contributed by atoms with Crippen molar-refractivity contribution in [2.75, 3.05) is 25.5 Å². The van der Waals surface area contributed by atoms with Crippen LogP contribution in [0.2, 0.25) is 0 Å². The van der Waals surface area contributed by atoms with E-state index in [1.807, 2.05) is 31.2 Å². The van der Waals surface area contributed by atoms with Crippen LogP contribution in [0.1, 0.15) is 18.9 Å². The van der Waals surface area contributed by atoms with Gasteiger partial charge in [-0.05, 0) is 18.6 Å². The van der Waals surface area contributed by atoms with Crippen LogP contribution in [0, 0.1) is 0 Å². The van der Waals surface area contributed by atoms with Crippen LogP contribution in [0.5, 0.6) is 0 Å². The number of amides is 2. The van der Waals surface area contributed by atoms with Gasteiger partial charge in [-0.15, -0.1) is 0 Å². The van der Waals surface area contributed by atoms with Gasteiger partial charge in [0.15, 0.2) is 0 Å². The highest BCUT2D eigenvalue weighted by molar-refractivity contribution is 5.98. The standard InChI is InChI=1S/C15H21N3O2/c1-11-15(20)18(9-8-14(19)17(2)3)13-7-5-4-6-12(13)10-16-11/h4-7,11,16H,8-10H2,1-3H3. The van der Waals surface area contributed by atoms with Crippen LogP contribution in [0.25, 0.3) is 0 Å². The van der Waals surface area contributed by atoms with Crippen molar-refractivity contribution in [3.8, 4) is 0 Å². The average Bonchev–Trinajstić information content (AvgIpc) is 2.55. The molecule has 5 nitrogen and oxygen atoms in total. The second-order valence-electron chi connectivity index (χ2n) is 5.26. The number of fused-ring (bicyclic) bond motifs is 1. The molecule has 1 aliphatic heterocycles. The molecule has 2 amide bonds. The highest BCUT2D eigenvalue weighted by atomic mass is 16.2. The molecule has 1 atom stereocenters. The van der Waals surface area contributed by atoms with E-state index < -0.39 is 0 Å². The van der Waals surface area contributed by atoms with Crippen LogP contribution in [-0.4, -0.2) is 43.4 Å². The molecule has 0 aliphatic carbocycles. The number of para-hydroxylation sites is 1. The predicted molar refractivity (Wildman–Crippen MR) is 78.4 cm³/mol. The van der Waals surface area contributed by atoms with Gasteiger partial charge in [-0.3, -0.25) is 9.59 Å². The minimum atomic E-state index is -0.239. The van der Waals surface area contributed by atoms with Crippen molar-refractivity contribution in [2.45, 2.75) is 25.9 Å². The van der Waals surface area contributed by atoms with Gasteiger partial charge in [-0.1, -0.05) is 18.2 Å². The molecule has 2 rings (SSSR count). The third-order valence-corrected chi connectivity index (χ3v) is 3.57. The Morgan fingerprint density at radius 2 is 2.10 bits per heavy atom. The number of hydrogen-bond acceptors (Lipinski definition) is 3. The van der Waals surface area contributed by atoms with Gasteiger partial charge in [0, 0.05) is 39.3 Å². The molecule has 0 aromatic heterocycles. The molecule has 5 heteroatoms. The molecule has 0 saturated carbocycles. The molecule has 0 spiro atoms. The van der Waals surface area contributed by atoms with E-state index >= 15 is 0 Å². The Bertz CT molecular complexity index is 514. The molecule has 0 bridgehead atoms. The maximum atomic E-state index is 12.4. The molecule has 0 fully saturated rings. The average molecular weight is 275 g/mol. The first kappa shape index (κ1) is 14.5. The fraction of sp³-hybridized carbons (Fsp3) is 0.467. The molecule has 1 heterocycles. The van der Waals surface area contributed by atoms with E-state index in [0.29, 0.717) is 19.5 Å². The van der Waals surface area contributed by atoms with E-state index in [4.69, 9.17) is 0 Å². The highest BCUT2D eigenvalue weighted by Gasteiger charge is 2.27. The first-order valence-corrected chi connectivity index (χ1v) is 6.83. The lowest BCUT2D eigenvalue weighted by molar-refractivity contribution is -0.128. The summed E-state index contributed by atoms with van der Waals surface area (Å²) in [7, 11) is 3.45. The molecule has 20 heavy (non-hydrogen) atoms. The molecule has 1 aromatic rings. The normalized spacial score (nSPS) is 18.4. The van der Waals surface area contributed by atoms with Gasteiger partial charge in [0.25, 0.3) is 0 Å². The lowest BCUT2D eigenvalue weighted by Crippen LogP contribution is -2.43. The SMILES string of the molecule is CC1NCc2ccccc2N(CCC(=O)N(C)C)C1=O. The van der Waals surface area contributed by atoms with E-state index in [0.717, 1.165) is 11.3 Å². The summed E-state index contributed by atoms with van der Waals surface area (Å²) in [6, 6.07) is 7.59. The second-order valence-corrected chi connectivity index (χ2v) is 5.26. The Kier molecular flexibility index (Phi) is 4.39. The summed E-state index contributed by atoms with van der Waals surface area (Å²) in [5, 5.41) is 3.20. The van der Waals surface area contributed by atoms with E-state index in [-0.39, 0.29) is 17.9 Å². The molecule has 0 radical (unpaired) electrons. The van der Waals surface area contributed by atoms with E-state index in [1.54, 1.807) is 23.9 Å². The number of nitrogens with one attached hydrogen (secondary N) is 1. The van der Waals surface area contributed by atoms with Gasteiger partial charge in [0.2, 0.25) is 11.8 Å². The Hall–Kier alpha value is -1.88. The quantitative estimate of drug-likeness (QED) is 0.895. The van der Waals surface area contributed by atoms with Crippen LogP contribution in [0.15, 0.2) is 24.3 Å². The summed E-state index contributed by atoms with van der Waals surface area (Å²) in [6.07, 6.45) is 0.333. The Morgan fingerprint density at radius 1 is 1.40 bits per heavy atom. The lowest BCUT2D eigenvalue weighted by Gasteiger charge is -2.24. The number of carbonyl (C=O) groups is 2. The van der Waals surface area contributed by atoms with Crippen molar-refractivity contribution in [3.05, 3.63) is 29.8 Å². The summed E-state index contributed by atoms with van der Waals surface area (Å²) in [4.78, 5) is 27.4. The summed E-state index contributed by atoms with van der Waals surface area (Å²) >= 11 is 0. The zero-order valence-corrected chi connectivity index (χ0v) is 12.2. The lowest BCUT2D eigenvalue weighted by atomic mass is 10.1. The van der Waals surface area contributed by atoms with Crippen molar-refractivity contribution in [3.63, 3.8) is 0 Å². The molecular formula is C15H21N3O2. The maximum absolute atomic E-state index is 12.4. The van der Waals surface area contributed by atoms with Gasteiger partial charge < -0.3 is 15.1 Å². The summed E-state index contributed by atoms with van der Waals surface area (Å²) < 4.78 is 0. The molecular weight excluding hydrogens is 254 g/mol. The zero-order valence-electron chi connectivity index (χ0n) is 12.2. The summed E-state index contributed by atoms with van der Waals surface area (Å²) in [5.41, 5.74) is 1.99. The molecule has 1 unspecified atom stereocenters. The molecule has 0 saturated heterocycles. The number of carbonyl (C=O) groups excluding carboxylic acids is 2. The second kappa shape index (κ2) is 6.05. The largest absolute Gasteiger partial charge is 0.349 e. The Morgan fingerprint density at radius 3 is 2.80 bits per heavy atom. The van der Waals surface area contributed by atoms with Crippen LogP contribution < -0.4 is 10.2 Å². The van der Waals surface area contributed by atoms with Crippen molar-refractivity contribution in [2.24, 2.45) is 0 Å². The minimum Gasteiger partial charge on any atom is -0.349 e. The Balaban J connectivity index is 2.23. The Labute approximate surface area is 119 Å². The number of rotatable bonds is 3. The number of hydrogen-bond donors (Lipinski definition) is 1. The molecule has 1 aromatic carbocycles. The molecule has 108 valence electrons. The monoisotopic (exact) mass is 275 g/mol. The number of anilines is 1. The fourth-order valence-corrected chi connectivity index (χ4v) is 2.29. The smallest absolute Gasteiger partial charge is 0.243 e. The first-order chi connectivity index (χ1) is 9.50. The van der Waals surface area contributed by atoms with Gasteiger partial charge in [0.05, 0.1) is 6.04 Å². The third-order valence-electron chi connectivity index (χ3n) is 3.57. The highest BCUT2D eigenvalue weighted by Crippen LogP contribution is 2.24. The fourth-order valence-electron chi connectivity index (χ4n) is 2.29. The van der Waals surface area contributed by atoms with Crippen LogP contribution in [0.4, 0.5) is 5.69 Å². The van der Waals surface area contributed by atoms with E-state index in [1.165, 1.54) is 0 Å². The van der Waals surface area contributed by atoms with Crippen molar-refractivity contribution < 1.29 is 9.59 Å². The number of benzene rings is 1. The van der Waals surface area contributed by atoms with Crippen LogP contribution in [0.3, 0.4) is 0 Å². The van der Waals surface area contributed by atoms with Gasteiger partial charge in [0.1, 0.15) is 0 Å². The van der Waals surface area contributed by atoms with Crippen LogP contribution in [-0.2, 0) is 16.1 Å². The molecule has 1 aliphatic rings. The minimum absolute atomic E-state index is 0.0153. The van der Waals surface area contributed by atoms with Crippen molar-refractivity contribution >= 4 is 17.5 Å². The molecule has 1 N–H and O–H groups in total. The van der Waals surface area contributed by atoms with Gasteiger partial charge >= 0.3 is 0 Å². The maximum Gasteiger partial charge on any atom is 0.243 e. The summed E-state index contributed by atoms with van der Waals surface area (Å²) in [5.74, 6) is 0.0432. The topological polar surface area (TPSA) is 52.7 Å². The summed E-state index contributed by atoms with van der Waals surface area (Å²) in [6.45, 7) is 2.94. The number of nitrogens with zero attached hydrogens (tertiary/aromatic N) is 2. The van der Waals surface area contributed by atoms with Gasteiger partial charge in [-0.25, -0.2) is 0 Å². The zero-order chi connectivity index (χ0) is 14.7. The van der Waals surface area contributed by atoms with Crippen molar-refractivity contribution in [1.82, 2.24) is 10.2 Å². The van der Waals surface area contributed by atoms with E-state index in [2.05, 4.69) is 5.32 Å². The van der Waals surface area contributed by atoms with Crippen LogP contribution >= 0.6 is 0 Å². The van der Waals surface area contributed by atoms with E-state index in [9.17, 15) is 9.59 Å². The predicted octanol–water partition coefficient (Wildman–Crippen LogP) is 0.990.